The van der Waals surface area contributed by atoms with Gasteiger partial charge in [0.1, 0.15) is 0 Å². The minimum Gasteiger partial charge on any atom is -0.294 e. The summed E-state index contributed by atoms with van der Waals surface area (Å²) in [5, 5.41) is 0.975. The van der Waals surface area contributed by atoms with Gasteiger partial charge in [-0.25, -0.2) is 9.97 Å². The number of fused-ring (bicyclic) bond motifs is 1. The van der Waals surface area contributed by atoms with Gasteiger partial charge in [0.25, 0.3) is 0 Å². The molecule has 0 unspecified atom stereocenters. The lowest BCUT2D eigenvalue weighted by molar-refractivity contribution is -0.137. The van der Waals surface area contributed by atoms with Crippen molar-refractivity contribution in [2.24, 2.45) is 0 Å². The third-order valence-electron chi connectivity index (χ3n) is 5.94. The van der Waals surface area contributed by atoms with Gasteiger partial charge in [0.05, 0.1) is 27.0 Å². The molecule has 0 bridgehead atoms. The van der Waals surface area contributed by atoms with Gasteiger partial charge in [-0.2, -0.15) is 13.2 Å². The molecule has 1 aliphatic rings. The van der Waals surface area contributed by atoms with Gasteiger partial charge >= 0.3 is 6.18 Å². The standard InChI is InChI=1S/C26H19Cl2F3N4/c27-21-3-1-2-20(24(21)28)23-9-4-16(12-32-23)14-35-11-10-22-18(15-35)13-33-25(34-22)17-5-7-19(8-6-17)26(29,30)31/h1-9,12-13H,10-11,14-15H2. The molecule has 0 saturated heterocycles. The Bertz CT molecular complexity index is 1360. The maximum Gasteiger partial charge on any atom is 0.416 e. The average molecular weight is 515 g/mol. The highest BCUT2D eigenvalue weighted by atomic mass is 35.5. The van der Waals surface area contributed by atoms with E-state index in [4.69, 9.17) is 23.2 Å². The van der Waals surface area contributed by atoms with Gasteiger partial charge in [-0.05, 0) is 29.8 Å². The Morgan fingerprint density at radius 2 is 1.71 bits per heavy atom. The fourth-order valence-electron chi connectivity index (χ4n) is 4.09. The monoisotopic (exact) mass is 514 g/mol. The van der Waals surface area contributed by atoms with E-state index in [9.17, 15) is 13.2 Å². The number of pyridine rings is 1. The zero-order valence-corrected chi connectivity index (χ0v) is 19.9. The first-order valence-electron chi connectivity index (χ1n) is 10.9. The van der Waals surface area contributed by atoms with Crippen molar-refractivity contribution in [3.8, 4) is 22.6 Å². The van der Waals surface area contributed by atoms with E-state index < -0.39 is 11.7 Å². The number of hydrogen-bond donors (Lipinski definition) is 0. The van der Waals surface area contributed by atoms with Gasteiger partial charge in [0.2, 0.25) is 0 Å². The van der Waals surface area contributed by atoms with Crippen LogP contribution in [0.5, 0.6) is 0 Å². The van der Waals surface area contributed by atoms with Crippen molar-refractivity contribution in [3.05, 3.63) is 99.4 Å². The number of nitrogens with zero attached hydrogens (tertiary/aromatic N) is 4. The number of hydrogen-bond acceptors (Lipinski definition) is 4. The molecule has 0 fully saturated rings. The van der Waals surface area contributed by atoms with E-state index in [0.717, 1.165) is 59.7 Å². The van der Waals surface area contributed by atoms with E-state index in [0.29, 0.717) is 28.0 Å². The molecule has 5 rings (SSSR count). The van der Waals surface area contributed by atoms with Crippen molar-refractivity contribution in [2.45, 2.75) is 25.7 Å². The predicted octanol–water partition coefficient (Wildman–Crippen LogP) is 7.09. The van der Waals surface area contributed by atoms with E-state index in [1.807, 2.05) is 30.5 Å². The summed E-state index contributed by atoms with van der Waals surface area (Å²) in [5.41, 5.74) is 4.44. The van der Waals surface area contributed by atoms with Crippen LogP contribution in [0.25, 0.3) is 22.6 Å². The topological polar surface area (TPSA) is 41.9 Å². The third kappa shape index (κ3) is 5.17. The Morgan fingerprint density at radius 1 is 0.914 bits per heavy atom. The number of aromatic nitrogens is 3. The molecule has 0 spiro atoms. The van der Waals surface area contributed by atoms with Crippen LogP contribution < -0.4 is 0 Å². The highest BCUT2D eigenvalue weighted by molar-refractivity contribution is 6.43. The summed E-state index contributed by atoms with van der Waals surface area (Å²) in [4.78, 5) is 15.9. The molecule has 178 valence electrons. The Hall–Kier alpha value is -3.00. The minimum atomic E-state index is -4.36. The molecule has 9 heteroatoms. The smallest absolute Gasteiger partial charge is 0.294 e. The summed E-state index contributed by atoms with van der Waals surface area (Å²) in [6.45, 7) is 2.21. The Balaban J connectivity index is 1.26. The lowest BCUT2D eigenvalue weighted by Gasteiger charge is -2.28. The molecular weight excluding hydrogens is 496 g/mol. The van der Waals surface area contributed by atoms with Crippen molar-refractivity contribution in [1.82, 2.24) is 19.9 Å². The highest BCUT2D eigenvalue weighted by Crippen LogP contribution is 2.33. The van der Waals surface area contributed by atoms with Crippen LogP contribution in [0.1, 0.15) is 22.4 Å². The second kappa shape index (κ2) is 9.57. The van der Waals surface area contributed by atoms with Gasteiger partial charge in [0.15, 0.2) is 5.82 Å². The largest absolute Gasteiger partial charge is 0.416 e. The molecule has 2 aromatic heterocycles. The SMILES string of the molecule is FC(F)(F)c1ccc(-c2ncc3c(n2)CCN(Cc2ccc(-c4cccc(Cl)c4Cl)nc2)C3)cc1. The maximum absolute atomic E-state index is 12.8. The van der Waals surface area contributed by atoms with Gasteiger partial charge in [0, 0.05) is 55.1 Å². The first-order chi connectivity index (χ1) is 16.8. The Labute approximate surface area is 210 Å². The number of benzene rings is 2. The van der Waals surface area contributed by atoms with Crippen molar-refractivity contribution in [2.75, 3.05) is 6.54 Å². The summed E-state index contributed by atoms with van der Waals surface area (Å²) >= 11 is 12.4. The van der Waals surface area contributed by atoms with Gasteiger partial charge in [-0.1, -0.05) is 53.5 Å². The summed E-state index contributed by atoms with van der Waals surface area (Å²) in [5.74, 6) is 0.436. The van der Waals surface area contributed by atoms with E-state index in [1.165, 1.54) is 12.1 Å². The van der Waals surface area contributed by atoms with E-state index >= 15 is 0 Å². The number of alkyl halides is 3. The quantitative estimate of drug-likeness (QED) is 0.291. The third-order valence-corrected chi connectivity index (χ3v) is 6.76. The fraction of sp³-hybridized carbons (Fsp3) is 0.192. The summed E-state index contributed by atoms with van der Waals surface area (Å²) < 4.78 is 38.5. The number of halogens is 5. The Morgan fingerprint density at radius 3 is 2.43 bits per heavy atom. The van der Waals surface area contributed by atoms with Gasteiger partial charge in [-0.3, -0.25) is 9.88 Å². The molecule has 4 aromatic rings. The lowest BCUT2D eigenvalue weighted by atomic mass is 10.1. The molecule has 0 aliphatic carbocycles. The van der Waals surface area contributed by atoms with Crippen LogP contribution >= 0.6 is 23.2 Å². The first-order valence-corrected chi connectivity index (χ1v) is 11.7. The van der Waals surface area contributed by atoms with Crippen molar-refractivity contribution in [3.63, 3.8) is 0 Å². The van der Waals surface area contributed by atoms with Crippen molar-refractivity contribution < 1.29 is 13.2 Å². The van der Waals surface area contributed by atoms with Crippen LogP contribution in [0, 0.1) is 0 Å². The molecule has 0 atom stereocenters. The molecule has 2 aromatic carbocycles. The summed E-state index contributed by atoms with van der Waals surface area (Å²) in [6, 6.07) is 14.4. The zero-order chi connectivity index (χ0) is 24.6. The molecule has 0 N–H and O–H groups in total. The zero-order valence-electron chi connectivity index (χ0n) is 18.4. The molecular formula is C26H19Cl2F3N4. The van der Waals surface area contributed by atoms with E-state index in [-0.39, 0.29) is 0 Å². The summed E-state index contributed by atoms with van der Waals surface area (Å²) in [7, 11) is 0. The van der Waals surface area contributed by atoms with Crippen LogP contribution in [-0.2, 0) is 25.7 Å². The van der Waals surface area contributed by atoms with Crippen LogP contribution in [0.15, 0.2) is 67.0 Å². The lowest BCUT2D eigenvalue weighted by Crippen LogP contribution is -2.31. The normalized spacial score (nSPS) is 14.1. The predicted molar refractivity (Wildman–Crippen MR) is 130 cm³/mol. The Kier molecular flexibility index (Phi) is 6.49. The highest BCUT2D eigenvalue weighted by Gasteiger charge is 2.30. The second-order valence-electron chi connectivity index (χ2n) is 8.35. The average Bonchev–Trinajstić information content (AvgIpc) is 2.85. The summed E-state index contributed by atoms with van der Waals surface area (Å²) in [6.07, 6.45) is -0.0255. The van der Waals surface area contributed by atoms with E-state index in [2.05, 4.69) is 19.9 Å². The second-order valence-corrected chi connectivity index (χ2v) is 9.14. The van der Waals surface area contributed by atoms with Crippen LogP contribution in [0.4, 0.5) is 13.2 Å². The molecule has 4 nitrogen and oxygen atoms in total. The van der Waals surface area contributed by atoms with Gasteiger partial charge in [-0.15, -0.1) is 0 Å². The van der Waals surface area contributed by atoms with E-state index in [1.54, 1.807) is 12.3 Å². The molecule has 0 saturated carbocycles. The maximum atomic E-state index is 12.8. The fourth-order valence-corrected chi connectivity index (χ4v) is 4.49. The molecule has 0 amide bonds. The molecule has 35 heavy (non-hydrogen) atoms. The molecule has 1 aliphatic heterocycles. The van der Waals surface area contributed by atoms with Crippen molar-refractivity contribution >= 4 is 23.2 Å². The first kappa shape index (κ1) is 23.7. The molecule has 3 heterocycles. The number of rotatable bonds is 4. The van der Waals surface area contributed by atoms with Crippen LogP contribution in [-0.4, -0.2) is 26.4 Å². The van der Waals surface area contributed by atoms with Crippen molar-refractivity contribution in [1.29, 1.82) is 0 Å². The van der Waals surface area contributed by atoms with Crippen LogP contribution in [0.2, 0.25) is 10.0 Å². The molecule has 0 radical (unpaired) electrons. The van der Waals surface area contributed by atoms with Crippen LogP contribution in [0.3, 0.4) is 0 Å². The van der Waals surface area contributed by atoms with Gasteiger partial charge < -0.3 is 0 Å². The minimum absolute atomic E-state index is 0.436.